The molecule has 0 aromatic heterocycles. The van der Waals surface area contributed by atoms with Gasteiger partial charge in [-0.3, -0.25) is 4.79 Å². The van der Waals surface area contributed by atoms with Crippen LogP contribution in [0, 0.1) is 0 Å². The fourth-order valence-corrected chi connectivity index (χ4v) is 0.203. The first-order valence-corrected chi connectivity index (χ1v) is 5.43. The van der Waals surface area contributed by atoms with E-state index >= 15 is 0 Å². The van der Waals surface area contributed by atoms with E-state index in [-0.39, 0.29) is 17.5 Å². The van der Waals surface area contributed by atoms with Gasteiger partial charge in [-0.1, -0.05) is 13.8 Å². The van der Waals surface area contributed by atoms with Gasteiger partial charge < -0.3 is 14.3 Å². The summed E-state index contributed by atoms with van der Waals surface area (Å²) in [4.78, 5) is 29.4. The van der Waals surface area contributed by atoms with Crippen LogP contribution >= 0.6 is 0 Å². The lowest BCUT2D eigenvalue weighted by molar-refractivity contribution is -0.140. The maximum Gasteiger partial charge on any atom is 0.302 e. The predicted molar refractivity (Wildman–Crippen MR) is 64.3 cm³/mol. The average Bonchev–Trinajstić information content (AvgIpc) is 2.19. The van der Waals surface area contributed by atoms with Crippen LogP contribution in [-0.2, 0) is 19.1 Å². The number of Topliss-reactive ketones (excluding diaryl/α,β-unsaturated/α-hetero) is 2. The average molecular weight is 232 g/mol. The fraction of sp³-hybridized carbons (Fsp3) is 0.750. The Morgan fingerprint density at radius 1 is 0.812 bits per heavy atom. The molecule has 0 amide bonds. The van der Waals surface area contributed by atoms with Gasteiger partial charge in [-0.15, -0.1) is 0 Å². The number of esters is 1. The highest BCUT2D eigenvalue weighted by Crippen LogP contribution is 1.72. The molecule has 0 unspecified atom stereocenters. The van der Waals surface area contributed by atoms with Gasteiger partial charge >= 0.3 is 5.97 Å². The summed E-state index contributed by atoms with van der Waals surface area (Å²) in [5.41, 5.74) is 0. The second kappa shape index (κ2) is 16.2. The first-order chi connectivity index (χ1) is 7.31. The molecule has 0 saturated heterocycles. The molecule has 16 heavy (non-hydrogen) atoms. The normalized spacial score (nSPS) is 7.62. The minimum Gasteiger partial charge on any atom is -0.466 e. The molecule has 0 fully saturated rings. The molecule has 0 bridgehead atoms. The molecule has 0 aliphatic carbocycles. The summed E-state index contributed by atoms with van der Waals surface area (Å²) in [6.45, 7) is 10.5. The van der Waals surface area contributed by atoms with Gasteiger partial charge in [-0.25, -0.2) is 0 Å². The first-order valence-electron chi connectivity index (χ1n) is 5.43. The molecule has 0 aromatic rings. The van der Waals surface area contributed by atoms with Crippen molar-refractivity contribution < 1.29 is 19.1 Å². The second-order valence-electron chi connectivity index (χ2n) is 3.04. The van der Waals surface area contributed by atoms with Gasteiger partial charge in [0, 0.05) is 19.8 Å². The third-order valence-corrected chi connectivity index (χ3v) is 1.34. The number of ether oxygens (including phenoxy) is 1. The van der Waals surface area contributed by atoms with Gasteiger partial charge in [0.1, 0.15) is 11.6 Å². The van der Waals surface area contributed by atoms with Crippen LogP contribution in [0.3, 0.4) is 0 Å². The monoisotopic (exact) mass is 232 g/mol. The van der Waals surface area contributed by atoms with Gasteiger partial charge in [0.05, 0.1) is 6.61 Å². The van der Waals surface area contributed by atoms with Crippen LogP contribution in [0.4, 0.5) is 0 Å². The first kappa shape index (κ1) is 20.3. The van der Waals surface area contributed by atoms with Crippen molar-refractivity contribution in [1.29, 1.82) is 0 Å². The summed E-state index contributed by atoms with van der Waals surface area (Å²) in [6.07, 6.45) is 1.33. The maximum absolute atomic E-state index is 9.82. The smallest absolute Gasteiger partial charge is 0.302 e. The zero-order valence-corrected chi connectivity index (χ0v) is 11.3. The standard InChI is InChI=1S/C4H8O2.2C4H8O/c1-3-6-4(2)5;2*1-3-4(2)5/h3H2,1-2H3;2*3H2,1-2H3. The minimum absolute atomic E-state index is 0.211. The van der Waals surface area contributed by atoms with E-state index in [2.05, 4.69) is 4.74 Å². The maximum atomic E-state index is 9.82. The van der Waals surface area contributed by atoms with Crippen molar-refractivity contribution in [2.75, 3.05) is 6.61 Å². The van der Waals surface area contributed by atoms with Gasteiger partial charge in [-0.2, -0.15) is 0 Å². The molecule has 0 rings (SSSR count). The molecular weight excluding hydrogens is 208 g/mol. The molecule has 4 nitrogen and oxygen atoms in total. The highest BCUT2D eigenvalue weighted by Gasteiger charge is 1.81. The van der Waals surface area contributed by atoms with Crippen molar-refractivity contribution in [2.45, 2.75) is 54.4 Å². The molecule has 4 heteroatoms. The van der Waals surface area contributed by atoms with Crippen molar-refractivity contribution >= 4 is 17.5 Å². The molecule has 0 aliphatic rings. The van der Waals surface area contributed by atoms with Crippen LogP contribution in [0.2, 0.25) is 0 Å². The minimum atomic E-state index is -0.211. The summed E-state index contributed by atoms with van der Waals surface area (Å²) in [7, 11) is 0. The number of carbonyl (C=O) groups excluding carboxylic acids is 3. The predicted octanol–water partition coefficient (Wildman–Crippen LogP) is 2.54. The van der Waals surface area contributed by atoms with E-state index in [1.165, 1.54) is 6.92 Å². The summed E-state index contributed by atoms with van der Waals surface area (Å²) in [5, 5.41) is 0. The third kappa shape index (κ3) is 52.9. The van der Waals surface area contributed by atoms with Crippen LogP contribution in [0.1, 0.15) is 54.4 Å². The van der Waals surface area contributed by atoms with Gasteiger partial charge in [0.2, 0.25) is 0 Å². The number of hydrogen-bond donors (Lipinski definition) is 0. The summed E-state index contributed by atoms with van der Waals surface area (Å²) >= 11 is 0. The molecule has 0 aliphatic heterocycles. The van der Waals surface area contributed by atoms with Crippen molar-refractivity contribution in [1.82, 2.24) is 0 Å². The van der Waals surface area contributed by atoms with Gasteiger partial charge in [0.25, 0.3) is 0 Å². The van der Waals surface area contributed by atoms with Crippen molar-refractivity contribution in [3.05, 3.63) is 0 Å². The fourth-order valence-electron chi connectivity index (χ4n) is 0.203. The largest absolute Gasteiger partial charge is 0.466 e. The summed E-state index contributed by atoms with van der Waals surface area (Å²) in [5.74, 6) is 0.299. The molecule has 0 saturated carbocycles. The zero-order chi connectivity index (χ0) is 13.6. The van der Waals surface area contributed by atoms with Crippen LogP contribution in [0.25, 0.3) is 0 Å². The highest BCUT2D eigenvalue weighted by molar-refractivity contribution is 5.75. The molecule has 0 N–H and O–H groups in total. The third-order valence-electron chi connectivity index (χ3n) is 1.34. The topological polar surface area (TPSA) is 60.4 Å². The lowest BCUT2D eigenvalue weighted by Gasteiger charge is -1.89. The Balaban J connectivity index is -0.000000160. The van der Waals surface area contributed by atoms with E-state index in [4.69, 9.17) is 0 Å². The van der Waals surface area contributed by atoms with E-state index in [0.29, 0.717) is 19.4 Å². The lowest BCUT2D eigenvalue weighted by Crippen LogP contribution is -1.95. The van der Waals surface area contributed by atoms with E-state index in [1.54, 1.807) is 20.8 Å². The number of hydrogen-bond acceptors (Lipinski definition) is 4. The quantitative estimate of drug-likeness (QED) is 0.701. The SMILES string of the molecule is CCC(C)=O.CCC(C)=O.CCOC(C)=O. The van der Waals surface area contributed by atoms with Crippen LogP contribution in [-0.4, -0.2) is 24.1 Å². The summed E-state index contributed by atoms with van der Waals surface area (Å²) in [6, 6.07) is 0. The molecule has 0 radical (unpaired) electrons. The molecule has 0 atom stereocenters. The Morgan fingerprint density at radius 3 is 1.06 bits per heavy atom. The Morgan fingerprint density at radius 2 is 1.06 bits per heavy atom. The van der Waals surface area contributed by atoms with Gasteiger partial charge in [0.15, 0.2) is 0 Å². The van der Waals surface area contributed by atoms with E-state index in [0.717, 1.165) is 0 Å². The molecular formula is C12H24O4. The Bertz CT molecular complexity index is 183. The molecule has 0 spiro atoms. The van der Waals surface area contributed by atoms with Crippen LogP contribution < -0.4 is 0 Å². The van der Waals surface area contributed by atoms with E-state index in [1.807, 2.05) is 13.8 Å². The van der Waals surface area contributed by atoms with Crippen molar-refractivity contribution in [3.63, 3.8) is 0 Å². The Hall–Kier alpha value is -1.19. The number of ketones is 2. The number of rotatable bonds is 3. The summed E-state index contributed by atoms with van der Waals surface area (Å²) < 4.78 is 4.40. The van der Waals surface area contributed by atoms with E-state index < -0.39 is 0 Å². The lowest BCUT2D eigenvalue weighted by atomic mass is 10.4. The van der Waals surface area contributed by atoms with Crippen LogP contribution in [0.5, 0.6) is 0 Å². The molecule has 0 aromatic carbocycles. The van der Waals surface area contributed by atoms with Gasteiger partial charge in [-0.05, 0) is 20.8 Å². The van der Waals surface area contributed by atoms with Crippen molar-refractivity contribution in [2.24, 2.45) is 0 Å². The number of carbonyl (C=O) groups is 3. The molecule has 0 heterocycles. The van der Waals surface area contributed by atoms with Crippen LogP contribution in [0.15, 0.2) is 0 Å². The highest BCUT2D eigenvalue weighted by atomic mass is 16.5. The molecule has 96 valence electrons. The van der Waals surface area contributed by atoms with Crippen molar-refractivity contribution in [3.8, 4) is 0 Å². The zero-order valence-electron chi connectivity index (χ0n) is 11.3. The second-order valence-corrected chi connectivity index (χ2v) is 3.04. The Labute approximate surface area is 98.4 Å². The Kier molecular flexibility index (Phi) is 20.6. The van der Waals surface area contributed by atoms with E-state index in [9.17, 15) is 14.4 Å².